The van der Waals surface area contributed by atoms with Crippen molar-refractivity contribution in [2.45, 2.75) is 6.10 Å². The van der Waals surface area contributed by atoms with Crippen LogP contribution in [0, 0.1) is 0 Å². The van der Waals surface area contributed by atoms with E-state index in [1.807, 2.05) is 0 Å². The number of nitrogen functional groups attached to an aromatic ring is 1. The Kier molecular flexibility index (Phi) is 4.74. The third kappa shape index (κ3) is 3.87. The van der Waals surface area contributed by atoms with E-state index in [9.17, 15) is 5.11 Å². The Morgan fingerprint density at radius 3 is 2.81 bits per heavy atom. The predicted octanol–water partition coefficient (Wildman–Crippen LogP) is -0.480. The molecule has 0 aromatic carbocycles. The predicted molar refractivity (Wildman–Crippen MR) is 62.4 cm³/mol. The van der Waals surface area contributed by atoms with Crippen LogP contribution in [0.2, 0.25) is 0 Å². The summed E-state index contributed by atoms with van der Waals surface area (Å²) in [6, 6.07) is 1.70. The number of hydrogen-bond acceptors (Lipinski definition) is 7. The first-order valence-electron chi connectivity index (χ1n) is 4.89. The Balaban J connectivity index is 2.56. The number of hydrogen-bond donors (Lipinski definition) is 4. The molecule has 0 spiro atoms. The number of aliphatic hydroxyl groups excluding tert-OH is 1. The molecule has 0 radical (unpaired) electrons. The van der Waals surface area contributed by atoms with E-state index in [0.29, 0.717) is 18.2 Å². The largest absolute Gasteiger partial charge is 0.389 e. The molecule has 1 unspecified atom stereocenters. The number of anilines is 3. The van der Waals surface area contributed by atoms with Gasteiger partial charge in [-0.3, -0.25) is 0 Å². The van der Waals surface area contributed by atoms with Crippen LogP contribution in [0.25, 0.3) is 0 Å². The molecule has 0 fully saturated rings. The van der Waals surface area contributed by atoms with Gasteiger partial charge >= 0.3 is 0 Å². The van der Waals surface area contributed by atoms with Crippen molar-refractivity contribution in [3.8, 4) is 0 Å². The highest BCUT2D eigenvalue weighted by molar-refractivity contribution is 5.50. The molecular weight excluding hydrogens is 210 g/mol. The number of nitrogens with zero attached hydrogens (tertiary/aromatic N) is 2. The number of nitrogens with two attached hydrogens (primary N) is 1. The van der Waals surface area contributed by atoms with E-state index in [0.717, 1.165) is 0 Å². The molecule has 0 aliphatic rings. The quantitative estimate of drug-likeness (QED) is 0.520. The average molecular weight is 227 g/mol. The number of ether oxygens (including phenoxy) is 1. The van der Waals surface area contributed by atoms with Gasteiger partial charge in [0.2, 0.25) is 5.95 Å². The zero-order valence-electron chi connectivity index (χ0n) is 9.40. The summed E-state index contributed by atoms with van der Waals surface area (Å²) in [6.45, 7) is 0.611. The fourth-order valence-corrected chi connectivity index (χ4v) is 1.16. The third-order valence-electron chi connectivity index (χ3n) is 1.88. The van der Waals surface area contributed by atoms with Crippen LogP contribution in [0.1, 0.15) is 0 Å². The first kappa shape index (κ1) is 12.5. The average Bonchev–Trinajstić information content (AvgIpc) is 2.26. The van der Waals surface area contributed by atoms with E-state index < -0.39 is 6.10 Å². The van der Waals surface area contributed by atoms with Gasteiger partial charge in [0.15, 0.2) is 0 Å². The van der Waals surface area contributed by atoms with E-state index in [-0.39, 0.29) is 12.6 Å². The van der Waals surface area contributed by atoms with Gasteiger partial charge in [-0.15, -0.1) is 0 Å². The second-order valence-corrected chi connectivity index (χ2v) is 3.24. The molecular formula is C9H17N5O2. The molecule has 90 valence electrons. The van der Waals surface area contributed by atoms with Crippen LogP contribution >= 0.6 is 0 Å². The zero-order valence-corrected chi connectivity index (χ0v) is 9.40. The van der Waals surface area contributed by atoms with Gasteiger partial charge in [0, 0.05) is 26.8 Å². The van der Waals surface area contributed by atoms with Crippen LogP contribution in [-0.2, 0) is 4.74 Å². The number of methoxy groups -OCH3 is 1. The second kappa shape index (κ2) is 6.09. The first-order valence-corrected chi connectivity index (χ1v) is 4.89. The van der Waals surface area contributed by atoms with Gasteiger partial charge in [-0.2, -0.15) is 9.97 Å². The minimum Gasteiger partial charge on any atom is -0.389 e. The molecule has 1 aromatic rings. The van der Waals surface area contributed by atoms with E-state index in [4.69, 9.17) is 10.5 Å². The van der Waals surface area contributed by atoms with Crippen molar-refractivity contribution in [2.75, 3.05) is 43.7 Å². The van der Waals surface area contributed by atoms with Gasteiger partial charge in [0.25, 0.3) is 0 Å². The fourth-order valence-electron chi connectivity index (χ4n) is 1.16. The van der Waals surface area contributed by atoms with Crippen LogP contribution in [0.3, 0.4) is 0 Å². The topological polar surface area (TPSA) is 105 Å². The van der Waals surface area contributed by atoms with Crippen molar-refractivity contribution >= 4 is 17.6 Å². The minimum absolute atomic E-state index is 0.176. The summed E-state index contributed by atoms with van der Waals surface area (Å²) in [5.74, 6) is 1.36. The second-order valence-electron chi connectivity index (χ2n) is 3.24. The highest BCUT2D eigenvalue weighted by Crippen LogP contribution is 2.11. The Morgan fingerprint density at radius 1 is 1.50 bits per heavy atom. The molecule has 7 nitrogen and oxygen atoms in total. The van der Waals surface area contributed by atoms with Gasteiger partial charge in [-0.05, 0) is 0 Å². The lowest BCUT2D eigenvalue weighted by atomic mass is 10.3. The lowest BCUT2D eigenvalue weighted by Gasteiger charge is -2.12. The summed E-state index contributed by atoms with van der Waals surface area (Å²) in [7, 11) is 3.27. The van der Waals surface area contributed by atoms with Crippen molar-refractivity contribution in [3.63, 3.8) is 0 Å². The number of aromatic nitrogens is 2. The maximum Gasteiger partial charge on any atom is 0.223 e. The molecule has 1 atom stereocenters. The Hall–Kier alpha value is -1.60. The highest BCUT2D eigenvalue weighted by atomic mass is 16.5. The van der Waals surface area contributed by atoms with Crippen LogP contribution in [0.5, 0.6) is 0 Å². The van der Waals surface area contributed by atoms with E-state index in [1.54, 1.807) is 13.1 Å². The summed E-state index contributed by atoms with van der Waals surface area (Å²) in [5, 5.41) is 15.2. The smallest absolute Gasteiger partial charge is 0.223 e. The normalized spacial score (nSPS) is 12.2. The maximum absolute atomic E-state index is 9.43. The third-order valence-corrected chi connectivity index (χ3v) is 1.88. The SMILES string of the molecule is CNc1cc(NCC(O)COC)nc(N)n1. The van der Waals surface area contributed by atoms with Crippen LogP contribution in [0.4, 0.5) is 17.6 Å². The van der Waals surface area contributed by atoms with Crippen molar-refractivity contribution in [1.29, 1.82) is 0 Å². The maximum atomic E-state index is 9.43. The molecule has 1 heterocycles. The molecule has 0 aliphatic heterocycles. The number of rotatable bonds is 6. The number of aliphatic hydroxyl groups is 1. The molecule has 0 bridgehead atoms. The Morgan fingerprint density at radius 2 is 2.19 bits per heavy atom. The summed E-state index contributed by atoms with van der Waals surface area (Å²) >= 11 is 0. The van der Waals surface area contributed by atoms with Gasteiger partial charge in [0.05, 0.1) is 12.7 Å². The van der Waals surface area contributed by atoms with Crippen molar-refractivity contribution in [2.24, 2.45) is 0 Å². The van der Waals surface area contributed by atoms with E-state index in [2.05, 4.69) is 20.6 Å². The lowest BCUT2D eigenvalue weighted by molar-refractivity contribution is 0.0727. The van der Waals surface area contributed by atoms with Gasteiger partial charge in [0.1, 0.15) is 11.6 Å². The van der Waals surface area contributed by atoms with Crippen LogP contribution in [0.15, 0.2) is 6.07 Å². The molecule has 1 rings (SSSR count). The van der Waals surface area contributed by atoms with Crippen molar-refractivity contribution < 1.29 is 9.84 Å². The zero-order chi connectivity index (χ0) is 12.0. The lowest BCUT2D eigenvalue weighted by Crippen LogP contribution is -2.24. The van der Waals surface area contributed by atoms with E-state index in [1.165, 1.54) is 7.11 Å². The molecule has 1 aromatic heterocycles. The Labute approximate surface area is 94.0 Å². The molecule has 0 aliphatic carbocycles. The van der Waals surface area contributed by atoms with Gasteiger partial charge in [-0.1, -0.05) is 0 Å². The standard InChI is InChI=1S/C9H17N5O2/c1-11-7-3-8(14-9(10)13-7)12-4-6(15)5-16-2/h3,6,15H,4-5H2,1-2H3,(H4,10,11,12,13,14). The molecule has 16 heavy (non-hydrogen) atoms. The number of nitrogens with one attached hydrogen (secondary N) is 2. The molecule has 0 amide bonds. The van der Waals surface area contributed by atoms with Crippen molar-refractivity contribution in [1.82, 2.24) is 9.97 Å². The molecule has 7 heteroatoms. The first-order chi connectivity index (χ1) is 7.65. The monoisotopic (exact) mass is 227 g/mol. The summed E-state index contributed by atoms with van der Waals surface area (Å²) in [5.41, 5.74) is 5.51. The molecule has 5 N–H and O–H groups in total. The molecule has 0 saturated carbocycles. The van der Waals surface area contributed by atoms with Gasteiger partial charge in [-0.25, -0.2) is 0 Å². The van der Waals surface area contributed by atoms with Crippen LogP contribution in [-0.4, -0.2) is 48.5 Å². The minimum atomic E-state index is -0.584. The summed E-state index contributed by atoms with van der Waals surface area (Å²) < 4.78 is 4.80. The van der Waals surface area contributed by atoms with Gasteiger partial charge < -0.3 is 26.2 Å². The highest BCUT2D eigenvalue weighted by Gasteiger charge is 2.05. The fraction of sp³-hybridized carbons (Fsp3) is 0.556. The van der Waals surface area contributed by atoms with E-state index >= 15 is 0 Å². The summed E-state index contributed by atoms with van der Waals surface area (Å²) in [4.78, 5) is 7.92. The summed E-state index contributed by atoms with van der Waals surface area (Å²) in [6.07, 6.45) is -0.584. The Bertz CT molecular complexity index is 334. The molecule has 0 saturated heterocycles. The van der Waals surface area contributed by atoms with Crippen molar-refractivity contribution in [3.05, 3.63) is 6.07 Å². The van der Waals surface area contributed by atoms with Crippen LogP contribution < -0.4 is 16.4 Å².